The molecule has 0 aliphatic carbocycles. The number of ether oxygens (including phenoxy) is 1. The summed E-state index contributed by atoms with van der Waals surface area (Å²) in [6.07, 6.45) is -1.23. The van der Waals surface area contributed by atoms with Crippen molar-refractivity contribution in [2.24, 2.45) is 0 Å². The first kappa shape index (κ1) is 21.6. The number of pyridine rings is 1. The molecule has 0 fully saturated rings. The zero-order valence-corrected chi connectivity index (χ0v) is 16.7. The van der Waals surface area contributed by atoms with Crippen LogP contribution in [0.15, 0.2) is 53.9 Å². The van der Waals surface area contributed by atoms with Gasteiger partial charge >= 0.3 is 6.18 Å². The maximum Gasteiger partial charge on any atom is 0.405 e. The van der Waals surface area contributed by atoms with Crippen LogP contribution in [-0.4, -0.2) is 50.7 Å². The molecule has 3 rings (SSSR count). The quantitative estimate of drug-likeness (QED) is 0.544. The van der Waals surface area contributed by atoms with Gasteiger partial charge in [0.05, 0.1) is 12.4 Å². The van der Waals surface area contributed by atoms with Gasteiger partial charge in [-0.1, -0.05) is 11.8 Å². The van der Waals surface area contributed by atoms with E-state index in [-0.39, 0.29) is 5.75 Å². The highest BCUT2D eigenvalue weighted by Crippen LogP contribution is 2.28. The SMILES string of the molecule is CCOc1ccc(-n2c(SCC(=O)NCC(F)(F)F)nnc2-c2ccncc2)cc1. The van der Waals surface area contributed by atoms with Crippen molar-refractivity contribution in [2.75, 3.05) is 18.9 Å². The lowest BCUT2D eigenvalue weighted by Crippen LogP contribution is -2.34. The van der Waals surface area contributed by atoms with Gasteiger partial charge in [-0.05, 0) is 43.3 Å². The lowest BCUT2D eigenvalue weighted by atomic mass is 10.2. The van der Waals surface area contributed by atoms with E-state index in [1.165, 1.54) is 0 Å². The smallest absolute Gasteiger partial charge is 0.405 e. The average Bonchev–Trinajstić information content (AvgIpc) is 3.15. The van der Waals surface area contributed by atoms with Crippen LogP contribution in [0.3, 0.4) is 0 Å². The van der Waals surface area contributed by atoms with E-state index in [0.29, 0.717) is 29.0 Å². The van der Waals surface area contributed by atoms with Gasteiger partial charge in [-0.2, -0.15) is 13.2 Å². The zero-order chi connectivity index (χ0) is 21.6. The normalized spacial score (nSPS) is 11.3. The topological polar surface area (TPSA) is 81.9 Å². The predicted molar refractivity (Wildman–Crippen MR) is 106 cm³/mol. The zero-order valence-electron chi connectivity index (χ0n) is 15.9. The van der Waals surface area contributed by atoms with Crippen molar-refractivity contribution in [3.05, 3.63) is 48.8 Å². The van der Waals surface area contributed by atoms with E-state index in [1.54, 1.807) is 41.2 Å². The van der Waals surface area contributed by atoms with Crippen molar-refractivity contribution < 1.29 is 22.7 Å². The number of amides is 1. The number of rotatable bonds is 8. The molecule has 0 atom stereocenters. The van der Waals surface area contributed by atoms with E-state index in [1.807, 2.05) is 24.4 Å². The van der Waals surface area contributed by atoms with Crippen molar-refractivity contribution in [3.8, 4) is 22.8 Å². The Morgan fingerprint density at radius 1 is 1.13 bits per heavy atom. The monoisotopic (exact) mass is 437 g/mol. The molecule has 0 radical (unpaired) electrons. The summed E-state index contributed by atoms with van der Waals surface area (Å²) in [7, 11) is 0. The molecule has 0 unspecified atom stereocenters. The predicted octanol–water partition coefficient (Wildman–Crippen LogP) is 3.50. The molecule has 0 saturated carbocycles. The molecule has 30 heavy (non-hydrogen) atoms. The fraction of sp³-hybridized carbons (Fsp3) is 0.263. The second-order valence-corrected chi connectivity index (χ2v) is 6.93. The van der Waals surface area contributed by atoms with Crippen LogP contribution in [0.25, 0.3) is 17.1 Å². The van der Waals surface area contributed by atoms with Crippen molar-refractivity contribution in [3.63, 3.8) is 0 Å². The molecule has 1 amide bonds. The van der Waals surface area contributed by atoms with E-state index in [2.05, 4.69) is 15.2 Å². The highest BCUT2D eigenvalue weighted by Gasteiger charge is 2.27. The van der Waals surface area contributed by atoms with Gasteiger partial charge in [-0.25, -0.2) is 0 Å². The number of benzene rings is 1. The third kappa shape index (κ3) is 5.72. The minimum absolute atomic E-state index is 0.235. The maximum atomic E-state index is 12.3. The van der Waals surface area contributed by atoms with Crippen LogP contribution in [0.4, 0.5) is 13.2 Å². The number of hydrogen-bond acceptors (Lipinski definition) is 6. The Labute approximate surface area is 174 Å². The molecule has 11 heteroatoms. The number of carbonyl (C=O) groups excluding carboxylic acids is 1. The Morgan fingerprint density at radius 2 is 1.83 bits per heavy atom. The second-order valence-electron chi connectivity index (χ2n) is 5.98. The molecule has 158 valence electrons. The lowest BCUT2D eigenvalue weighted by Gasteiger charge is -2.12. The Bertz CT molecular complexity index is 978. The average molecular weight is 437 g/mol. The molecule has 1 N–H and O–H groups in total. The number of halogens is 3. The van der Waals surface area contributed by atoms with E-state index in [0.717, 1.165) is 17.3 Å². The fourth-order valence-corrected chi connectivity index (χ4v) is 3.30. The van der Waals surface area contributed by atoms with Gasteiger partial charge in [-0.15, -0.1) is 10.2 Å². The number of carbonyl (C=O) groups is 1. The molecule has 1 aromatic carbocycles. The molecule has 0 aliphatic rings. The van der Waals surface area contributed by atoms with Gasteiger partial charge in [0.1, 0.15) is 12.3 Å². The number of hydrogen-bond donors (Lipinski definition) is 1. The van der Waals surface area contributed by atoms with Crippen LogP contribution in [0.1, 0.15) is 6.92 Å². The first-order valence-electron chi connectivity index (χ1n) is 8.92. The third-order valence-electron chi connectivity index (χ3n) is 3.80. The van der Waals surface area contributed by atoms with Crippen molar-refractivity contribution in [1.82, 2.24) is 25.1 Å². The number of aromatic nitrogens is 4. The van der Waals surface area contributed by atoms with Crippen LogP contribution in [0, 0.1) is 0 Å². The first-order chi connectivity index (χ1) is 14.4. The third-order valence-corrected chi connectivity index (χ3v) is 4.73. The molecule has 7 nitrogen and oxygen atoms in total. The van der Waals surface area contributed by atoms with Gasteiger partial charge in [0.2, 0.25) is 5.91 Å². The Balaban J connectivity index is 1.86. The van der Waals surface area contributed by atoms with E-state index >= 15 is 0 Å². The molecular formula is C19H18F3N5O2S. The standard InChI is InChI=1S/C19H18F3N5O2S/c1-2-29-15-5-3-14(4-6-15)27-17(13-7-9-23-10-8-13)25-26-18(27)30-11-16(28)24-12-19(20,21)22/h3-10H,2,11-12H2,1H3,(H,24,28). The van der Waals surface area contributed by atoms with Crippen LogP contribution >= 0.6 is 11.8 Å². The highest BCUT2D eigenvalue weighted by atomic mass is 32.2. The molecule has 0 aliphatic heterocycles. The van der Waals surface area contributed by atoms with Gasteiger partial charge in [0.25, 0.3) is 0 Å². The Morgan fingerprint density at radius 3 is 2.47 bits per heavy atom. The first-order valence-corrected chi connectivity index (χ1v) is 9.91. The number of nitrogens with zero attached hydrogens (tertiary/aromatic N) is 4. The molecule has 0 spiro atoms. The van der Waals surface area contributed by atoms with E-state index < -0.39 is 18.6 Å². The Kier molecular flexibility index (Phi) is 6.93. The van der Waals surface area contributed by atoms with Gasteiger partial charge in [0, 0.05) is 23.6 Å². The number of alkyl halides is 3. The summed E-state index contributed by atoms with van der Waals surface area (Å²) in [6.45, 7) is 1.04. The van der Waals surface area contributed by atoms with Gasteiger partial charge in [-0.3, -0.25) is 14.3 Å². The van der Waals surface area contributed by atoms with Crippen molar-refractivity contribution in [2.45, 2.75) is 18.3 Å². The minimum atomic E-state index is -4.46. The summed E-state index contributed by atoms with van der Waals surface area (Å²) in [4.78, 5) is 15.8. The van der Waals surface area contributed by atoms with E-state index in [4.69, 9.17) is 4.74 Å². The molecule has 0 saturated heterocycles. The largest absolute Gasteiger partial charge is 0.494 e. The molecule has 3 aromatic rings. The summed E-state index contributed by atoms with van der Waals surface area (Å²) in [5, 5.41) is 10.6. The van der Waals surface area contributed by atoms with Gasteiger partial charge < -0.3 is 10.1 Å². The van der Waals surface area contributed by atoms with Crippen molar-refractivity contribution >= 4 is 17.7 Å². The Hall–Kier alpha value is -3.08. The molecular weight excluding hydrogens is 419 g/mol. The molecule has 0 bridgehead atoms. The fourth-order valence-electron chi connectivity index (χ4n) is 2.52. The lowest BCUT2D eigenvalue weighted by molar-refractivity contribution is -0.136. The minimum Gasteiger partial charge on any atom is -0.494 e. The highest BCUT2D eigenvalue weighted by molar-refractivity contribution is 7.99. The van der Waals surface area contributed by atoms with Crippen LogP contribution < -0.4 is 10.1 Å². The molecule has 2 heterocycles. The summed E-state index contributed by atoms with van der Waals surface area (Å²) >= 11 is 0.994. The van der Waals surface area contributed by atoms with Crippen LogP contribution in [-0.2, 0) is 4.79 Å². The number of nitrogens with one attached hydrogen (secondary N) is 1. The van der Waals surface area contributed by atoms with Crippen molar-refractivity contribution in [1.29, 1.82) is 0 Å². The summed E-state index contributed by atoms with van der Waals surface area (Å²) < 4.78 is 44.0. The second kappa shape index (κ2) is 9.61. The molecule has 2 aromatic heterocycles. The summed E-state index contributed by atoms with van der Waals surface area (Å²) in [5.41, 5.74) is 1.47. The summed E-state index contributed by atoms with van der Waals surface area (Å²) in [5.74, 6) is 0.228. The maximum absolute atomic E-state index is 12.3. The van der Waals surface area contributed by atoms with E-state index in [9.17, 15) is 18.0 Å². The number of thioether (sulfide) groups is 1. The van der Waals surface area contributed by atoms with Crippen LogP contribution in [0.5, 0.6) is 5.75 Å². The van der Waals surface area contributed by atoms with Gasteiger partial charge in [0.15, 0.2) is 11.0 Å². The van der Waals surface area contributed by atoms with Crippen LogP contribution in [0.2, 0.25) is 0 Å². The summed E-state index contributed by atoms with van der Waals surface area (Å²) in [6, 6.07) is 10.7.